The van der Waals surface area contributed by atoms with E-state index in [9.17, 15) is 4.79 Å². The Labute approximate surface area is 152 Å². The number of likely N-dealkylation sites (tertiary alicyclic amines) is 1. The maximum atomic E-state index is 12.6. The fraction of sp³-hybridized carbons (Fsp3) is 0.650. The summed E-state index contributed by atoms with van der Waals surface area (Å²) in [7, 11) is 0. The predicted octanol–water partition coefficient (Wildman–Crippen LogP) is 4.60. The predicted molar refractivity (Wildman–Crippen MR) is 100 cm³/mol. The van der Waals surface area contributed by atoms with Gasteiger partial charge in [-0.25, -0.2) is 4.79 Å². The summed E-state index contributed by atoms with van der Waals surface area (Å²) in [5, 5.41) is 0. The van der Waals surface area contributed by atoms with E-state index >= 15 is 0 Å². The number of ether oxygens (including phenoxy) is 1. The zero-order chi connectivity index (χ0) is 16.4. The average molecular weight is 352 g/mol. The standard InChI is InChI=1S/C20H29NO2.ClH/c1-14-11-15(2)19(16(3)12-14)20(22)23-18-9-10-21(13-18)17-7-5-4-6-8-17;/h11-12,17-18H,4-10,13H2,1-3H3;1H. The van der Waals surface area contributed by atoms with E-state index in [0.717, 1.165) is 42.2 Å². The number of carbonyl (C=O) groups excluding carboxylic acids is 1. The van der Waals surface area contributed by atoms with E-state index in [0.29, 0.717) is 0 Å². The Morgan fingerprint density at radius 3 is 2.29 bits per heavy atom. The van der Waals surface area contributed by atoms with Crippen molar-refractivity contribution >= 4 is 18.4 Å². The third-order valence-electron chi connectivity index (χ3n) is 5.42. The van der Waals surface area contributed by atoms with Crippen LogP contribution in [0.1, 0.15) is 65.6 Å². The SMILES string of the molecule is Cc1cc(C)c(C(=O)OC2CCN(C3CCCCC3)C2)c(C)c1.Cl. The number of benzene rings is 1. The first-order valence-corrected chi connectivity index (χ1v) is 9.07. The van der Waals surface area contributed by atoms with Gasteiger partial charge in [0.05, 0.1) is 5.56 Å². The molecule has 24 heavy (non-hydrogen) atoms. The molecule has 4 heteroatoms. The van der Waals surface area contributed by atoms with Crippen molar-refractivity contribution in [1.29, 1.82) is 0 Å². The van der Waals surface area contributed by atoms with Gasteiger partial charge in [-0.15, -0.1) is 12.4 Å². The van der Waals surface area contributed by atoms with Crippen LogP contribution in [0.25, 0.3) is 0 Å². The molecular weight excluding hydrogens is 322 g/mol. The molecule has 0 radical (unpaired) electrons. The number of aryl methyl sites for hydroxylation is 3. The summed E-state index contributed by atoms with van der Waals surface area (Å²) in [5.74, 6) is -0.143. The van der Waals surface area contributed by atoms with Gasteiger partial charge in [-0.05, 0) is 51.2 Å². The summed E-state index contributed by atoms with van der Waals surface area (Å²) in [6.07, 6.45) is 7.76. The minimum atomic E-state index is -0.143. The molecule has 134 valence electrons. The molecule has 2 fully saturated rings. The Balaban J connectivity index is 0.00000208. The summed E-state index contributed by atoms with van der Waals surface area (Å²) in [6, 6.07) is 4.84. The Morgan fingerprint density at radius 2 is 1.67 bits per heavy atom. The smallest absolute Gasteiger partial charge is 0.338 e. The number of carbonyl (C=O) groups is 1. The average Bonchev–Trinajstić information content (AvgIpc) is 2.95. The van der Waals surface area contributed by atoms with Gasteiger partial charge < -0.3 is 4.74 Å². The molecule has 3 rings (SSSR count). The lowest BCUT2D eigenvalue weighted by atomic mass is 9.94. The van der Waals surface area contributed by atoms with Crippen molar-refractivity contribution in [3.8, 4) is 0 Å². The van der Waals surface area contributed by atoms with Gasteiger partial charge in [-0.2, -0.15) is 0 Å². The Morgan fingerprint density at radius 1 is 1.04 bits per heavy atom. The minimum absolute atomic E-state index is 0. The highest BCUT2D eigenvalue weighted by Crippen LogP contribution is 2.27. The summed E-state index contributed by atoms with van der Waals surface area (Å²) >= 11 is 0. The van der Waals surface area contributed by atoms with Gasteiger partial charge in [0.2, 0.25) is 0 Å². The third kappa shape index (κ3) is 4.31. The van der Waals surface area contributed by atoms with Gasteiger partial charge in [0.25, 0.3) is 0 Å². The number of esters is 1. The van der Waals surface area contributed by atoms with Crippen LogP contribution >= 0.6 is 12.4 Å². The zero-order valence-corrected chi connectivity index (χ0v) is 16.0. The summed E-state index contributed by atoms with van der Waals surface area (Å²) in [5.41, 5.74) is 4.00. The first-order chi connectivity index (χ1) is 11.0. The summed E-state index contributed by atoms with van der Waals surface area (Å²) in [4.78, 5) is 15.1. The number of rotatable bonds is 3. The summed E-state index contributed by atoms with van der Waals surface area (Å²) in [6.45, 7) is 8.06. The molecule has 1 aromatic carbocycles. The van der Waals surface area contributed by atoms with Crippen molar-refractivity contribution in [2.45, 2.75) is 71.4 Å². The Kier molecular flexibility index (Phi) is 6.70. The van der Waals surface area contributed by atoms with E-state index in [4.69, 9.17) is 4.74 Å². The number of halogens is 1. The Bertz CT molecular complexity index is 558. The highest BCUT2D eigenvalue weighted by molar-refractivity contribution is 5.93. The molecule has 1 aromatic rings. The van der Waals surface area contributed by atoms with Crippen molar-refractivity contribution in [3.05, 3.63) is 34.4 Å². The molecule has 0 spiro atoms. The first kappa shape index (κ1) is 19.3. The van der Waals surface area contributed by atoms with E-state index in [1.54, 1.807) is 0 Å². The van der Waals surface area contributed by atoms with Crippen LogP contribution in [0, 0.1) is 20.8 Å². The van der Waals surface area contributed by atoms with Gasteiger partial charge in [0, 0.05) is 19.1 Å². The van der Waals surface area contributed by atoms with Gasteiger partial charge in [0.1, 0.15) is 6.10 Å². The van der Waals surface area contributed by atoms with E-state index in [1.165, 1.54) is 37.7 Å². The monoisotopic (exact) mass is 351 g/mol. The lowest BCUT2D eigenvalue weighted by Gasteiger charge is -2.30. The Hall–Kier alpha value is -1.06. The number of hydrogen-bond acceptors (Lipinski definition) is 3. The molecule has 1 unspecified atom stereocenters. The van der Waals surface area contributed by atoms with Crippen LogP contribution < -0.4 is 0 Å². The van der Waals surface area contributed by atoms with Crippen molar-refractivity contribution in [2.24, 2.45) is 0 Å². The molecule has 0 N–H and O–H groups in total. The van der Waals surface area contributed by atoms with Crippen LogP contribution in [0.3, 0.4) is 0 Å². The van der Waals surface area contributed by atoms with Crippen molar-refractivity contribution in [2.75, 3.05) is 13.1 Å². The normalized spacial score (nSPS) is 22.2. The second-order valence-electron chi connectivity index (χ2n) is 7.38. The molecule has 1 atom stereocenters. The van der Waals surface area contributed by atoms with Crippen LogP contribution in [0.15, 0.2) is 12.1 Å². The van der Waals surface area contributed by atoms with Crippen molar-refractivity contribution in [1.82, 2.24) is 4.90 Å². The van der Waals surface area contributed by atoms with E-state index in [2.05, 4.69) is 24.0 Å². The van der Waals surface area contributed by atoms with E-state index in [1.807, 2.05) is 13.8 Å². The van der Waals surface area contributed by atoms with Crippen LogP contribution in [0.2, 0.25) is 0 Å². The third-order valence-corrected chi connectivity index (χ3v) is 5.42. The van der Waals surface area contributed by atoms with Crippen LogP contribution in [-0.2, 0) is 4.74 Å². The van der Waals surface area contributed by atoms with Crippen LogP contribution in [0.4, 0.5) is 0 Å². The maximum Gasteiger partial charge on any atom is 0.338 e. The van der Waals surface area contributed by atoms with Gasteiger partial charge in [-0.1, -0.05) is 37.0 Å². The molecule has 1 aliphatic carbocycles. The van der Waals surface area contributed by atoms with Crippen LogP contribution in [-0.4, -0.2) is 36.1 Å². The maximum absolute atomic E-state index is 12.6. The minimum Gasteiger partial charge on any atom is -0.457 e. The second-order valence-corrected chi connectivity index (χ2v) is 7.38. The van der Waals surface area contributed by atoms with Gasteiger partial charge >= 0.3 is 5.97 Å². The van der Waals surface area contributed by atoms with E-state index in [-0.39, 0.29) is 24.5 Å². The fourth-order valence-corrected chi connectivity index (χ4v) is 4.34. The molecule has 1 heterocycles. The fourth-order valence-electron chi connectivity index (χ4n) is 4.34. The molecule has 0 amide bonds. The van der Waals surface area contributed by atoms with Crippen molar-refractivity contribution in [3.63, 3.8) is 0 Å². The number of nitrogens with zero attached hydrogens (tertiary/aromatic N) is 1. The summed E-state index contributed by atoms with van der Waals surface area (Å²) < 4.78 is 5.84. The molecule has 2 aliphatic rings. The number of hydrogen-bond donors (Lipinski definition) is 0. The molecule has 0 bridgehead atoms. The second kappa shape index (κ2) is 8.35. The van der Waals surface area contributed by atoms with Gasteiger partial charge in [0.15, 0.2) is 0 Å². The highest BCUT2D eigenvalue weighted by atomic mass is 35.5. The molecule has 1 saturated carbocycles. The van der Waals surface area contributed by atoms with E-state index < -0.39 is 0 Å². The zero-order valence-electron chi connectivity index (χ0n) is 15.1. The topological polar surface area (TPSA) is 29.5 Å². The largest absolute Gasteiger partial charge is 0.457 e. The molecule has 1 saturated heterocycles. The molecule has 1 aliphatic heterocycles. The molecule has 3 nitrogen and oxygen atoms in total. The highest BCUT2D eigenvalue weighted by Gasteiger charge is 2.31. The van der Waals surface area contributed by atoms with Crippen LogP contribution in [0.5, 0.6) is 0 Å². The lowest BCUT2D eigenvalue weighted by molar-refractivity contribution is 0.0303. The quantitative estimate of drug-likeness (QED) is 0.745. The molecular formula is C20H30ClNO2. The van der Waals surface area contributed by atoms with Gasteiger partial charge in [-0.3, -0.25) is 4.90 Å². The van der Waals surface area contributed by atoms with Crippen molar-refractivity contribution < 1.29 is 9.53 Å². The first-order valence-electron chi connectivity index (χ1n) is 9.07. The lowest BCUT2D eigenvalue weighted by Crippen LogP contribution is -2.36. The molecule has 0 aromatic heterocycles.